The average Bonchev–Trinajstić information content (AvgIpc) is 2.28. The summed E-state index contributed by atoms with van der Waals surface area (Å²) in [7, 11) is 0. The van der Waals surface area contributed by atoms with Crippen LogP contribution in [0, 0.1) is 18.3 Å². The molecular formula is C11H15NO3. The number of rotatable bonds is 2. The number of nitrogens with zero attached hydrogens (tertiary/aromatic N) is 1. The van der Waals surface area contributed by atoms with E-state index in [1.807, 2.05) is 0 Å². The third-order valence-corrected chi connectivity index (χ3v) is 2.45. The van der Waals surface area contributed by atoms with Crippen LogP contribution in [0.1, 0.15) is 19.8 Å². The maximum atomic E-state index is 11.4. The van der Waals surface area contributed by atoms with Gasteiger partial charge in [0.25, 0.3) is 5.91 Å². The van der Waals surface area contributed by atoms with Crippen LogP contribution in [0.3, 0.4) is 0 Å². The van der Waals surface area contributed by atoms with E-state index < -0.39 is 0 Å². The first-order valence-corrected chi connectivity index (χ1v) is 5.11. The van der Waals surface area contributed by atoms with E-state index in [0.29, 0.717) is 19.7 Å². The maximum absolute atomic E-state index is 11.4. The molecule has 1 unspecified atom stereocenters. The lowest BCUT2D eigenvalue weighted by Gasteiger charge is -2.29. The lowest BCUT2D eigenvalue weighted by molar-refractivity contribution is -0.150. The standard InChI is InChI=1S/C11H15NO3/c1-3-10(13)12-7-5-6-9(8-12)11(14)15-4-2/h1,9H,4-8H2,2H3. The first-order valence-electron chi connectivity index (χ1n) is 5.11. The van der Waals surface area contributed by atoms with Crippen LogP contribution in [0.4, 0.5) is 0 Å². The summed E-state index contributed by atoms with van der Waals surface area (Å²) in [5, 5.41) is 0. The second-order valence-electron chi connectivity index (χ2n) is 3.49. The van der Waals surface area contributed by atoms with Gasteiger partial charge in [-0.2, -0.15) is 0 Å². The van der Waals surface area contributed by atoms with Crippen molar-refractivity contribution in [1.29, 1.82) is 0 Å². The number of carbonyl (C=O) groups excluding carboxylic acids is 2. The summed E-state index contributed by atoms with van der Waals surface area (Å²) < 4.78 is 4.91. The summed E-state index contributed by atoms with van der Waals surface area (Å²) in [5.74, 6) is 1.28. The molecule has 0 spiro atoms. The number of hydrogen-bond acceptors (Lipinski definition) is 3. The zero-order chi connectivity index (χ0) is 11.3. The van der Waals surface area contributed by atoms with Gasteiger partial charge in [0.2, 0.25) is 0 Å². The number of carbonyl (C=O) groups is 2. The van der Waals surface area contributed by atoms with Gasteiger partial charge in [-0.1, -0.05) is 0 Å². The van der Waals surface area contributed by atoms with Crippen molar-refractivity contribution in [2.24, 2.45) is 5.92 Å². The van der Waals surface area contributed by atoms with Gasteiger partial charge in [0.15, 0.2) is 0 Å². The topological polar surface area (TPSA) is 46.6 Å². The highest BCUT2D eigenvalue weighted by Gasteiger charge is 2.28. The lowest BCUT2D eigenvalue weighted by Crippen LogP contribution is -2.42. The molecule has 1 aliphatic rings. The highest BCUT2D eigenvalue weighted by molar-refractivity contribution is 5.93. The SMILES string of the molecule is C#CC(=O)N1CCCC(C(=O)OCC)C1. The number of ether oxygens (including phenoxy) is 1. The molecule has 1 saturated heterocycles. The predicted molar refractivity (Wildman–Crippen MR) is 54.8 cm³/mol. The van der Waals surface area contributed by atoms with Crippen LogP contribution in [0.25, 0.3) is 0 Å². The minimum absolute atomic E-state index is 0.212. The van der Waals surface area contributed by atoms with Crippen LogP contribution in [-0.4, -0.2) is 36.5 Å². The van der Waals surface area contributed by atoms with Gasteiger partial charge < -0.3 is 9.64 Å². The first kappa shape index (κ1) is 11.6. The molecule has 0 aromatic carbocycles. The molecule has 0 bridgehead atoms. The number of amides is 1. The third-order valence-electron chi connectivity index (χ3n) is 2.45. The summed E-state index contributed by atoms with van der Waals surface area (Å²) in [5.41, 5.74) is 0. The monoisotopic (exact) mass is 209 g/mol. The van der Waals surface area contributed by atoms with E-state index in [4.69, 9.17) is 11.2 Å². The molecule has 1 atom stereocenters. The molecule has 1 rings (SSSR count). The van der Waals surface area contributed by atoms with Gasteiger partial charge in [-0.15, -0.1) is 6.42 Å². The van der Waals surface area contributed by atoms with E-state index in [0.717, 1.165) is 12.8 Å². The van der Waals surface area contributed by atoms with E-state index >= 15 is 0 Å². The number of likely N-dealkylation sites (tertiary alicyclic amines) is 1. The fourth-order valence-electron chi connectivity index (χ4n) is 1.71. The minimum Gasteiger partial charge on any atom is -0.466 e. The van der Waals surface area contributed by atoms with Crippen LogP contribution >= 0.6 is 0 Å². The molecule has 0 aromatic heterocycles. The van der Waals surface area contributed by atoms with Crippen LogP contribution in [0.5, 0.6) is 0 Å². The molecule has 0 aliphatic carbocycles. The van der Waals surface area contributed by atoms with Crippen molar-refractivity contribution >= 4 is 11.9 Å². The normalized spacial score (nSPS) is 20.5. The smallest absolute Gasteiger partial charge is 0.310 e. The zero-order valence-electron chi connectivity index (χ0n) is 8.86. The van der Waals surface area contributed by atoms with Crippen molar-refractivity contribution in [3.05, 3.63) is 0 Å². The van der Waals surface area contributed by atoms with Gasteiger partial charge in [-0.25, -0.2) is 0 Å². The maximum Gasteiger partial charge on any atom is 0.310 e. The van der Waals surface area contributed by atoms with Crippen LogP contribution in [0.2, 0.25) is 0 Å². The quantitative estimate of drug-likeness (QED) is 0.489. The van der Waals surface area contributed by atoms with Crippen molar-refractivity contribution in [2.75, 3.05) is 19.7 Å². The Balaban J connectivity index is 2.53. The molecule has 1 heterocycles. The van der Waals surface area contributed by atoms with Crippen LogP contribution < -0.4 is 0 Å². The Kier molecular flexibility index (Phi) is 4.17. The molecule has 0 radical (unpaired) electrons. The van der Waals surface area contributed by atoms with Crippen molar-refractivity contribution in [3.63, 3.8) is 0 Å². The number of esters is 1. The number of hydrogen-bond donors (Lipinski definition) is 0. The molecule has 1 amide bonds. The van der Waals surface area contributed by atoms with Gasteiger partial charge in [0, 0.05) is 13.1 Å². The summed E-state index contributed by atoms with van der Waals surface area (Å²) in [6.07, 6.45) is 6.60. The van der Waals surface area contributed by atoms with Gasteiger partial charge in [-0.05, 0) is 25.7 Å². The molecule has 4 heteroatoms. The predicted octanol–water partition coefficient (Wildman–Crippen LogP) is 0.421. The summed E-state index contributed by atoms with van der Waals surface area (Å²) in [6, 6.07) is 0. The van der Waals surface area contributed by atoms with Gasteiger partial charge in [-0.3, -0.25) is 9.59 Å². The fraction of sp³-hybridized carbons (Fsp3) is 0.636. The Morgan fingerprint density at radius 1 is 1.60 bits per heavy atom. The Labute approximate surface area is 89.6 Å². The van der Waals surface area contributed by atoms with Gasteiger partial charge >= 0.3 is 5.97 Å². The molecule has 1 aliphatic heterocycles. The van der Waals surface area contributed by atoms with E-state index in [1.54, 1.807) is 6.92 Å². The Morgan fingerprint density at radius 3 is 2.93 bits per heavy atom. The lowest BCUT2D eigenvalue weighted by atomic mass is 9.98. The Morgan fingerprint density at radius 2 is 2.33 bits per heavy atom. The van der Waals surface area contributed by atoms with E-state index in [9.17, 15) is 9.59 Å². The van der Waals surface area contributed by atoms with Crippen molar-refractivity contribution in [3.8, 4) is 12.3 Å². The van der Waals surface area contributed by atoms with Crippen molar-refractivity contribution < 1.29 is 14.3 Å². The van der Waals surface area contributed by atoms with Gasteiger partial charge in [0.1, 0.15) is 0 Å². The number of piperidine rings is 1. The molecule has 15 heavy (non-hydrogen) atoms. The first-order chi connectivity index (χ1) is 7.19. The molecule has 82 valence electrons. The molecular weight excluding hydrogens is 194 g/mol. The van der Waals surface area contributed by atoms with E-state index in [1.165, 1.54) is 4.90 Å². The van der Waals surface area contributed by atoms with Gasteiger partial charge in [0.05, 0.1) is 12.5 Å². The zero-order valence-corrected chi connectivity index (χ0v) is 8.86. The highest BCUT2D eigenvalue weighted by atomic mass is 16.5. The molecule has 1 fully saturated rings. The van der Waals surface area contributed by atoms with Crippen LogP contribution in [-0.2, 0) is 14.3 Å². The fourth-order valence-corrected chi connectivity index (χ4v) is 1.71. The van der Waals surface area contributed by atoms with E-state index in [2.05, 4.69) is 5.92 Å². The summed E-state index contributed by atoms with van der Waals surface area (Å²) in [4.78, 5) is 24.2. The molecule has 4 nitrogen and oxygen atoms in total. The largest absolute Gasteiger partial charge is 0.466 e. The highest BCUT2D eigenvalue weighted by Crippen LogP contribution is 2.17. The molecule has 0 saturated carbocycles. The van der Waals surface area contributed by atoms with Crippen LogP contribution in [0.15, 0.2) is 0 Å². The van der Waals surface area contributed by atoms with Crippen molar-refractivity contribution in [2.45, 2.75) is 19.8 Å². The van der Waals surface area contributed by atoms with E-state index in [-0.39, 0.29) is 17.8 Å². The third kappa shape index (κ3) is 2.98. The summed E-state index contributed by atoms with van der Waals surface area (Å²) in [6.45, 7) is 3.17. The second-order valence-corrected chi connectivity index (χ2v) is 3.49. The molecule has 0 N–H and O–H groups in total. The minimum atomic E-state index is -0.344. The number of terminal acetylenes is 1. The van der Waals surface area contributed by atoms with Crippen molar-refractivity contribution in [1.82, 2.24) is 4.90 Å². The Bertz CT molecular complexity index is 293. The Hall–Kier alpha value is -1.50. The molecule has 0 aromatic rings. The summed E-state index contributed by atoms with van der Waals surface area (Å²) >= 11 is 0. The second kappa shape index (κ2) is 5.40. The average molecular weight is 209 g/mol.